The van der Waals surface area contributed by atoms with Gasteiger partial charge >= 0.3 is 12.1 Å². The van der Waals surface area contributed by atoms with E-state index in [0.717, 1.165) is 16.4 Å². The molecule has 4 rings (SSSR count). The maximum Gasteiger partial charge on any atom is 0.416 e. The average Bonchev–Trinajstić information content (AvgIpc) is 3.05. The lowest BCUT2D eigenvalue weighted by molar-refractivity contribution is -0.137. The van der Waals surface area contributed by atoms with Gasteiger partial charge in [0.25, 0.3) is 0 Å². The third kappa shape index (κ3) is 3.76. The topological polar surface area (TPSA) is 92.5 Å². The molecule has 0 saturated heterocycles. The van der Waals surface area contributed by atoms with Crippen molar-refractivity contribution in [2.24, 2.45) is 0 Å². The number of alkyl halides is 3. The van der Waals surface area contributed by atoms with Crippen LogP contribution in [0.2, 0.25) is 5.02 Å². The van der Waals surface area contributed by atoms with Gasteiger partial charge in [0, 0.05) is 36.7 Å². The van der Waals surface area contributed by atoms with E-state index in [1.165, 1.54) is 6.20 Å². The molecule has 12 heteroatoms. The van der Waals surface area contributed by atoms with Gasteiger partial charge in [-0.3, -0.25) is 4.98 Å². The highest BCUT2D eigenvalue weighted by atomic mass is 35.5. The summed E-state index contributed by atoms with van der Waals surface area (Å²) >= 11 is 6.38. The predicted molar refractivity (Wildman–Crippen MR) is 109 cm³/mol. The Labute approximate surface area is 185 Å². The summed E-state index contributed by atoms with van der Waals surface area (Å²) in [4.78, 5) is 15.6. The van der Waals surface area contributed by atoms with Gasteiger partial charge in [0.05, 0.1) is 27.7 Å². The number of sulfonamides is 1. The molecule has 1 N–H and O–H groups in total. The van der Waals surface area contributed by atoms with Crippen LogP contribution in [-0.4, -0.2) is 39.9 Å². The zero-order valence-corrected chi connectivity index (χ0v) is 17.7. The van der Waals surface area contributed by atoms with Crippen molar-refractivity contribution in [3.05, 3.63) is 70.6 Å². The number of carbonyl (C=O) groups is 1. The molecule has 1 aliphatic rings. The van der Waals surface area contributed by atoms with Crippen molar-refractivity contribution in [3.63, 3.8) is 0 Å². The number of hydrogen-bond donors (Lipinski definition) is 1. The molecule has 1 aromatic carbocycles. The molecular weight excluding hydrogens is 471 g/mol. The maximum atomic E-state index is 13.0. The molecule has 0 bridgehead atoms. The summed E-state index contributed by atoms with van der Waals surface area (Å²) in [5.74, 6) is -1.32. The predicted octanol–water partition coefficient (Wildman–Crippen LogP) is 4.13. The molecule has 0 unspecified atom stereocenters. The Hall–Kier alpha value is -2.89. The molecule has 3 aromatic rings. The largest absolute Gasteiger partial charge is 0.478 e. The summed E-state index contributed by atoms with van der Waals surface area (Å²) in [6.07, 6.45) is -1.52. The van der Waals surface area contributed by atoms with Crippen molar-refractivity contribution >= 4 is 27.6 Å². The van der Waals surface area contributed by atoms with Gasteiger partial charge in [-0.1, -0.05) is 11.6 Å². The molecule has 32 heavy (non-hydrogen) atoms. The Morgan fingerprint density at radius 1 is 1.12 bits per heavy atom. The van der Waals surface area contributed by atoms with Crippen molar-refractivity contribution < 1.29 is 31.5 Å². The lowest BCUT2D eigenvalue weighted by Gasteiger charge is -2.29. The molecule has 168 valence electrons. The quantitative estimate of drug-likeness (QED) is 0.600. The minimum absolute atomic E-state index is 0.0202. The van der Waals surface area contributed by atoms with E-state index >= 15 is 0 Å². The number of nitrogens with zero attached hydrogens (tertiary/aromatic N) is 3. The molecule has 1 aliphatic heterocycles. The average molecular weight is 486 g/mol. The number of aromatic nitrogens is 2. The van der Waals surface area contributed by atoms with Crippen molar-refractivity contribution in [3.8, 4) is 11.3 Å². The van der Waals surface area contributed by atoms with E-state index < -0.39 is 27.7 Å². The van der Waals surface area contributed by atoms with Crippen LogP contribution in [0.25, 0.3) is 11.3 Å². The second-order valence-corrected chi connectivity index (χ2v) is 9.36. The lowest BCUT2D eigenvalue weighted by atomic mass is 10.2. The van der Waals surface area contributed by atoms with Crippen LogP contribution in [0.1, 0.15) is 21.6 Å². The number of pyridine rings is 1. The minimum Gasteiger partial charge on any atom is -0.478 e. The van der Waals surface area contributed by atoms with E-state index in [0.29, 0.717) is 23.4 Å². The molecule has 0 saturated carbocycles. The Kier molecular flexibility index (Phi) is 5.51. The van der Waals surface area contributed by atoms with E-state index in [-0.39, 0.29) is 40.8 Å². The summed E-state index contributed by atoms with van der Waals surface area (Å²) in [6, 6.07) is 6.53. The molecular formula is C20H15ClF3N3O4S. The van der Waals surface area contributed by atoms with Crippen LogP contribution in [0.15, 0.2) is 53.7 Å². The molecule has 0 aliphatic carbocycles. The number of halogens is 4. The smallest absolute Gasteiger partial charge is 0.416 e. The van der Waals surface area contributed by atoms with E-state index in [1.54, 1.807) is 22.9 Å². The van der Waals surface area contributed by atoms with E-state index in [4.69, 9.17) is 11.6 Å². The van der Waals surface area contributed by atoms with E-state index in [2.05, 4.69) is 4.98 Å². The normalized spacial score (nSPS) is 14.9. The van der Waals surface area contributed by atoms with Gasteiger partial charge in [0.2, 0.25) is 10.0 Å². The standard InChI is InChI=1S/C20H15ClF3N3O4S/c21-17-16(19(28)29)15-11-26(8-9-27(15)18(17)12-2-1-7-25-10-12)32(30,31)14-5-3-13(4-6-14)20(22,23)24/h1-7,10H,8-9,11H2,(H,28,29). The van der Waals surface area contributed by atoms with Gasteiger partial charge < -0.3 is 9.67 Å². The summed E-state index contributed by atoms with van der Waals surface area (Å²) < 4.78 is 67.2. The van der Waals surface area contributed by atoms with Crippen LogP contribution < -0.4 is 0 Å². The van der Waals surface area contributed by atoms with E-state index in [9.17, 15) is 31.5 Å². The lowest BCUT2D eigenvalue weighted by Crippen LogP contribution is -2.38. The van der Waals surface area contributed by atoms with Gasteiger partial charge in [0.15, 0.2) is 0 Å². The number of hydrogen-bond acceptors (Lipinski definition) is 4. The zero-order valence-electron chi connectivity index (χ0n) is 16.2. The maximum absolute atomic E-state index is 13.0. The van der Waals surface area contributed by atoms with Crippen LogP contribution in [0.4, 0.5) is 13.2 Å². The summed E-state index contributed by atoms with van der Waals surface area (Å²) in [6.45, 7) is -0.217. The fourth-order valence-electron chi connectivity index (χ4n) is 3.68. The SMILES string of the molecule is O=C(O)c1c(Cl)c(-c2cccnc2)n2c1CN(S(=O)(=O)c1ccc(C(F)(F)F)cc1)CC2. The Morgan fingerprint density at radius 2 is 1.81 bits per heavy atom. The number of aromatic carboxylic acids is 1. The number of benzene rings is 1. The molecule has 0 fully saturated rings. The molecule has 3 heterocycles. The number of carboxylic acid groups (broad SMARTS) is 1. The third-order valence-electron chi connectivity index (χ3n) is 5.18. The van der Waals surface area contributed by atoms with Crippen LogP contribution >= 0.6 is 11.6 Å². The van der Waals surface area contributed by atoms with Crippen LogP contribution in [0.3, 0.4) is 0 Å². The fourth-order valence-corrected chi connectivity index (χ4v) is 5.47. The van der Waals surface area contributed by atoms with Crippen molar-refractivity contribution in [1.82, 2.24) is 13.9 Å². The Morgan fingerprint density at radius 3 is 2.38 bits per heavy atom. The van der Waals surface area contributed by atoms with E-state index in [1.807, 2.05) is 0 Å². The van der Waals surface area contributed by atoms with Crippen LogP contribution in [0, 0.1) is 0 Å². The fraction of sp³-hybridized carbons (Fsp3) is 0.200. The Balaban J connectivity index is 1.74. The van der Waals surface area contributed by atoms with Gasteiger partial charge in [0.1, 0.15) is 5.56 Å². The number of fused-ring (bicyclic) bond motifs is 1. The molecule has 0 spiro atoms. The first-order valence-electron chi connectivity index (χ1n) is 9.23. The first kappa shape index (κ1) is 22.3. The number of rotatable bonds is 4. The second-order valence-electron chi connectivity index (χ2n) is 7.04. The highest BCUT2D eigenvalue weighted by Crippen LogP contribution is 2.39. The van der Waals surface area contributed by atoms with Crippen molar-refractivity contribution in [2.45, 2.75) is 24.2 Å². The summed E-state index contributed by atoms with van der Waals surface area (Å²) in [5.41, 5.74) is -0.0185. The summed E-state index contributed by atoms with van der Waals surface area (Å²) in [7, 11) is -4.17. The first-order chi connectivity index (χ1) is 15.0. The summed E-state index contributed by atoms with van der Waals surface area (Å²) in [5, 5.41) is 9.67. The zero-order chi connectivity index (χ0) is 23.3. The number of carboxylic acids is 1. The highest BCUT2D eigenvalue weighted by molar-refractivity contribution is 7.89. The molecule has 7 nitrogen and oxygen atoms in total. The van der Waals surface area contributed by atoms with Gasteiger partial charge in [-0.2, -0.15) is 17.5 Å². The van der Waals surface area contributed by atoms with Crippen molar-refractivity contribution in [1.29, 1.82) is 0 Å². The van der Waals surface area contributed by atoms with Crippen molar-refractivity contribution in [2.75, 3.05) is 6.54 Å². The first-order valence-corrected chi connectivity index (χ1v) is 11.1. The minimum atomic E-state index is -4.59. The van der Waals surface area contributed by atoms with Gasteiger partial charge in [-0.05, 0) is 36.4 Å². The van der Waals surface area contributed by atoms with Gasteiger partial charge in [-0.25, -0.2) is 13.2 Å². The van der Waals surface area contributed by atoms with Crippen LogP contribution in [0.5, 0.6) is 0 Å². The molecule has 0 atom stereocenters. The Bertz CT molecular complexity index is 1290. The second kappa shape index (κ2) is 7.91. The van der Waals surface area contributed by atoms with Gasteiger partial charge in [-0.15, -0.1) is 0 Å². The highest BCUT2D eigenvalue weighted by Gasteiger charge is 2.36. The monoisotopic (exact) mass is 485 g/mol. The third-order valence-corrected chi connectivity index (χ3v) is 7.41. The van der Waals surface area contributed by atoms with Crippen LogP contribution in [-0.2, 0) is 29.3 Å². The molecule has 2 aromatic heterocycles. The molecule has 0 amide bonds. The molecule has 0 radical (unpaired) electrons.